The molecular weight excluding hydrogens is 262 g/mol. The van der Waals surface area contributed by atoms with Crippen molar-refractivity contribution in [3.8, 4) is 0 Å². The molecule has 0 aliphatic carbocycles. The van der Waals surface area contributed by atoms with Gasteiger partial charge in [0.15, 0.2) is 0 Å². The van der Waals surface area contributed by atoms with E-state index in [-0.39, 0.29) is 6.61 Å². The minimum atomic E-state index is -0.885. The summed E-state index contributed by atoms with van der Waals surface area (Å²) in [5.74, 6) is -2.30. The Balaban J connectivity index is 2.66. The molecule has 0 aromatic heterocycles. The second kappa shape index (κ2) is 6.16. The van der Waals surface area contributed by atoms with Crippen molar-refractivity contribution in [2.75, 3.05) is 11.9 Å². The molecule has 20 heavy (non-hydrogen) atoms. The third-order valence-corrected chi connectivity index (χ3v) is 2.48. The average molecular weight is 279 g/mol. The molecule has 1 rings (SSSR count). The van der Waals surface area contributed by atoms with E-state index in [9.17, 15) is 14.4 Å². The fourth-order valence-corrected chi connectivity index (χ4v) is 1.31. The molecule has 0 saturated heterocycles. The molecule has 0 bridgehead atoms. The van der Waals surface area contributed by atoms with Crippen molar-refractivity contribution in [1.29, 1.82) is 0 Å². The molecule has 0 unspecified atom stereocenters. The summed E-state index contributed by atoms with van der Waals surface area (Å²) in [5.41, 5.74) is 4.86. The van der Waals surface area contributed by atoms with E-state index >= 15 is 0 Å². The number of primary amides is 1. The van der Waals surface area contributed by atoms with Crippen LogP contribution in [-0.4, -0.2) is 35.0 Å². The van der Waals surface area contributed by atoms with Crippen LogP contribution in [0.2, 0.25) is 0 Å². The van der Waals surface area contributed by atoms with E-state index in [0.29, 0.717) is 11.3 Å². The zero-order valence-electron chi connectivity index (χ0n) is 11.3. The SMILES string of the molecule is CC(C)(CO)NC(=O)C(=O)Nc1ccc(C(N)=O)cc1. The zero-order chi connectivity index (χ0) is 15.3. The van der Waals surface area contributed by atoms with E-state index < -0.39 is 23.3 Å². The summed E-state index contributed by atoms with van der Waals surface area (Å²) in [7, 11) is 0. The van der Waals surface area contributed by atoms with Crippen LogP contribution < -0.4 is 16.4 Å². The second-order valence-electron chi connectivity index (χ2n) is 4.89. The van der Waals surface area contributed by atoms with Gasteiger partial charge in [0, 0.05) is 11.3 Å². The number of nitrogens with two attached hydrogens (primary N) is 1. The predicted molar refractivity (Wildman–Crippen MR) is 72.9 cm³/mol. The number of nitrogens with one attached hydrogen (secondary N) is 2. The van der Waals surface area contributed by atoms with Crippen LogP contribution in [0.15, 0.2) is 24.3 Å². The molecule has 5 N–H and O–H groups in total. The van der Waals surface area contributed by atoms with Crippen molar-refractivity contribution in [2.45, 2.75) is 19.4 Å². The van der Waals surface area contributed by atoms with Gasteiger partial charge in [0.1, 0.15) is 0 Å². The van der Waals surface area contributed by atoms with E-state index in [1.165, 1.54) is 24.3 Å². The lowest BCUT2D eigenvalue weighted by molar-refractivity contribution is -0.137. The Kier molecular flexibility index (Phi) is 4.82. The second-order valence-corrected chi connectivity index (χ2v) is 4.89. The minimum Gasteiger partial charge on any atom is -0.394 e. The fourth-order valence-electron chi connectivity index (χ4n) is 1.31. The van der Waals surface area contributed by atoms with Crippen molar-refractivity contribution in [1.82, 2.24) is 5.32 Å². The molecule has 0 aliphatic heterocycles. The van der Waals surface area contributed by atoms with Crippen LogP contribution in [0.4, 0.5) is 5.69 Å². The summed E-state index contributed by atoms with van der Waals surface area (Å²) in [5, 5.41) is 13.8. The van der Waals surface area contributed by atoms with Crippen molar-refractivity contribution >= 4 is 23.4 Å². The number of carbonyl (C=O) groups is 3. The highest BCUT2D eigenvalue weighted by Gasteiger charge is 2.23. The van der Waals surface area contributed by atoms with Gasteiger partial charge < -0.3 is 21.5 Å². The quantitative estimate of drug-likeness (QED) is 0.561. The molecule has 0 saturated carbocycles. The van der Waals surface area contributed by atoms with E-state index in [1.807, 2.05) is 0 Å². The number of anilines is 1. The first-order valence-corrected chi connectivity index (χ1v) is 5.89. The number of amides is 3. The van der Waals surface area contributed by atoms with Gasteiger partial charge in [-0.15, -0.1) is 0 Å². The van der Waals surface area contributed by atoms with Gasteiger partial charge in [0.2, 0.25) is 5.91 Å². The summed E-state index contributed by atoms with van der Waals surface area (Å²) in [6, 6.07) is 5.80. The van der Waals surface area contributed by atoms with Crippen LogP contribution in [0.3, 0.4) is 0 Å². The third-order valence-electron chi connectivity index (χ3n) is 2.48. The first kappa shape index (κ1) is 15.6. The van der Waals surface area contributed by atoms with E-state index in [2.05, 4.69) is 10.6 Å². The molecule has 7 nitrogen and oxygen atoms in total. The molecule has 0 fully saturated rings. The Labute approximate surface area is 116 Å². The van der Waals surface area contributed by atoms with Gasteiger partial charge in [-0.3, -0.25) is 14.4 Å². The number of hydrogen-bond acceptors (Lipinski definition) is 4. The van der Waals surface area contributed by atoms with Gasteiger partial charge in [-0.1, -0.05) is 0 Å². The topological polar surface area (TPSA) is 122 Å². The highest BCUT2D eigenvalue weighted by molar-refractivity contribution is 6.39. The largest absolute Gasteiger partial charge is 0.394 e. The maximum Gasteiger partial charge on any atom is 0.313 e. The van der Waals surface area contributed by atoms with Gasteiger partial charge >= 0.3 is 11.8 Å². The molecule has 3 amide bonds. The summed E-state index contributed by atoms with van der Waals surface area (Å²) in [4.78, 5) is 34.1. The molecule has 0 spiro atoms. The first-order valence-electron chi connectivity index (χ1n) is 5.89. The smallest absolute Gasteiger partial charge is 0.313 e. The molecule has 108 valence electrons. The fraction of sp³-hybridized carbons (Fsp3) is 0.308. The van der Waals surface area contributed by atoms with E-state index in [1.54, 1.807) is 13.8 Å². The molecule has 0 aliphatic rings. The monoisotopic (exact) mass is 279 g/mol. The van der Waals surface area contributed by atoms with Crippen LogP contribution in [-0.2, 0) is 9.59 Å². The third kappa shape index (κ3) is 4.36. The number of aliphatic hydroxyl groups excluding tert-OH is 1. The van der Waals surface area contributed by atoms with Crippen LogP contribution in [0.5, 0.6) is 0 Å². The molecule has 0 radical (unpaired) electrons. The lowest BCUT2D eigenvalue weighted by Crippen LogP contribution is -2.50. The minimum absolute atomic E-state index is 0.292. The summed E-state index contributed by atoms with van der Waals surface area (Å²) in [6.07, 6.45) is 0. The molecule has 1 aromatic rings. The van der Waals surface area contributed by atoms with Gasteiger partial charge in [-0.25, -0.2) is 0 Å². The average Bonchev–Trinajstić information content (AvgIpc) is 2.38. The van der Waals surface area contributed by atoms with Crippen LogP contribution in [0.25, 0.3) is 0 Å². The van der Waals surface area contributed by atoms with Gasteiger partial charge in [-0.2, -0.15) is 0 Å². The van der Waals surface area contributed by atoms with Crippen LogP contribution in [0, 0.1) is 0 Å². The maximum absolute atomic E-state index is 11.6. The van der Waals surface area contributed by atoms with Gasteiger partial charge in [0.25, 0.3) is 0 Å². The van der Waals surface area contributed by atoms with E-state index in [4.69, 9.17) is 10.8 Å². The Morgan fingerprint density at radius 1 is 1.15 bits per heavy atom. The zero-order valence-corrected chi connectivity index (χ0v) is 11.3. The Morgan fingerprint density at radius 3 is 2.15 bits per heavy atom. The molecular formula is C13H17N3O4. The van der Waals surface area contributed by atoms with Crippen LogP contribution >= 0.6 is 0 Å². The Bertz CT molecular complexity index is 523. The lowest BCUT2D eigenvalue weighted by atomic mass is 10.1. The Morgan fingerprint density at radius 2 is 1.70 bits per heavy atom. The molecule has 7 heteroatoms. The van der Waals surface area contributed by atoms with Gasteiger partial charge in [-0.05, 0) is 38.1 Å². The number of carbonyl (C=O) groups excluding carboxylic acids is 3. The number of aliphatic hydroxyl groups is 1. The molecule has 0 atom stereocenters. The highest BCUT2D eigenvalue weighted by atomic mass is 16.3. The number of benzene rings is 1. The van der Waals surface area contributed by atoms with Gasteiger partial charge in [0.05, 0.1) is 12.1 Å². The highest BCUT2D eigenvalue weighted by Crippen LogP contribution is 2.09. The van der Waals surface area contributed by atoms with Crippen molar-refractivity contribution in [3.05, 3.63) is 29.8 Å². The lowest BCUT2D eigenvalue weighted by Gasteiger charge is -2.22. The Hall–Kier alpha value is -2.41. The normalized spacial score (nSPS) is 10.8. The van der Waals surface area contributed by atoms with E-state index in [0.717, 1.165) is 0 Å². The van der Waals surface area contributed by atoms with Crippen molar-refractivity contribution in [2.24, 2.45) is 5.73 Å². The summed E-state index contributed by atoms with van der Waals surface area (Å²) in [6.45, 7) is 2.87. The first-order chi connectivity index (χ1) is 9.25. The van der Waals surface area contributed by atoms with Crippen LogP contribution in [0.1, 0.15) is 24.2 Å². The number of hydrogen-bond donors (Lipinski definition) is 4. The van der Waals surface area contributed by atoms with Crippen molar-refractivity contribution in [3.63, 3.8) is 0 Å². The molecule has 0 heterocycles. The number of rotatable bonds is 4. The van der Waals surface area contributed by atoms with Crippen molar-refractivity contribution < 1.29 is 19.5 Å². The predicted octanol–water partition coefficient (Wildman–Crippen LogP) is -0.389. The summed E-state index contributed by atoms with van der Waals surface area (Å²) >= 11 is 0. The standard InChI is InChI=1S/C13H17N3O4/c1-13(2,7-17)16-12(20)11(19)15-9-5-3-8(4-6-9)10(14)18/h3-6,17H,7H2,1-2H3,(H2,14,18)(H,15,19)(H,16,20). The molecule has 1 aromatic carbocycles. The maximum atomic E-state index is 11.6. The summed E-state index contributed by atoms with van der Waals surface area (Å²) < 4.78 is 0.